The van der Waals surface area contributed by atoms with Crippen LogP contribution in [0, 0.1) is 0 Å². The molecule has 26 heavy (non-hydrogen) atoms. The minimum atomic E-state index is -2.22. The zero-order valence-corrected chi connectivity index (χ0v) is 15.8. The van der Waals surface area contributed by atoms with Crippen molar-refractivity contribution in [1.29, 1.82) is 0 Å². The monoisotopic (exact) mass is 374 g/mol. The van der Waals surface area contributed by atoms with Gasteiger partial charge in [0.2, 0.25) is 0 Å². The maximum absolute atomic E-state index is 10.8. The second-order valence-electron chi connectivity index (χ2n) is 6.08. The Hall–Kier alpha value is -0.953. The van der Waals surface area contributed by atoms with Crippen LogP contribution in [0.3, 0.4) is 0 Å². The number of hydrogen-bond acceptors (Lipinski definition) is 6. The Kier molecular flexibility index (Phi) is 9.05. The van der Waals surface area contributed by atoms with Crippen molar-refractivity contribution in [3.63, 3.8) is 0 Å². The summed E-state index contributed by atoms with van der Waals surface area (Å²) in [5.74, 6) is 0. The Balaban J connectivity index is 0.000000184. The van der Waals surface area contributed by atoms with E-state index in [-0.39, 0.29) is 29.9 Å². The first-order chi connectivity index (χ1) is 12.3. The molecule has 3 unspecified atom stereocenters. The molecule has 2 saturated heterocycles. The molecule has 4 heterocycles. The Bertz CT molecular complexity index is 655. The van der Waals surface area contributed by atoms with Crippen LogP contribution in [0.15, 0.2) is 35.7 Å². The molecule has 10 heteroatoms. The fraction of sp³-hybridized carbons (Fsp3) is 0.625. The van der Waals surface area contributed by atoms with E-state index in [4.69, 9.17) is 9.47 Å². The zero-order chi connectivity index (χ0) is 17.5. The van der Waals surface area contributed by atoms with Crippen LogP contribution in [0.25, 0.3) is 0 Å². The van der Waals surface area contributed by atoms with Crippen molar-refractivity contribution >= 4 is 11.1 Å². The van der Waals surface area contributed by atoms with Crippen LogP contribution in [0.2, 0.25) is 0 Å². The molecule has 0 N–H and O–H groups in total. The molecule has 0 aliphatic carbocycles. The van der Waals surface area contributed by atoms with Crippen LogP contribution in [0.1, 0.15) is 37.8 Å². The van der Waals surface area contributed by atoms with E-state index in [0.29, 0.717) is 12.6 Å². The van der Waals surface area contributed by atoms with Crippen LogP contribution in [-0.4, -0.2) is 54.8 Å². The van der Waals surface area contributed by atoms with E-state index < -0.39 is 11.1 Å². The first kappa shape index (κ1) is 21.3. The molecule has 2 aromatic rings. The fourth-order valence-electron chi connectivity index (χ4n) is 3.05. The Morgan fingerprint density at radius 1 is 1.08 bits per heavy atom. The Labute approximate surface area is 167 Å². The minimum absolute atomic E-state index is 0. The summed E-state index contributed by atoms with van der Waals surface area (Å²) in [5, 5.41) is 8.42. The van der Waals surface area contributed by atoms with Crippen molar-refractivity contribution in [1.82, 2.24) is 19.6 Å². The van der Waals surface area contributed by atoms with Crippen LogP contribution in [0.4, 0.5) is 0 Å². The van der Waals surface area contributed by atoms with E-state index in [1.807, 2.05) is 23.1 Å². The van der Waals surface area contributed by atoms with Crippen LogP contribution in [-0.2, 0) is 20.6 Å². The average Bonchev–Trinajstić information content (AvgIpc) is 3.36. The summed E-state index contributed by atoms with van der Waals surface area (Å²) in [5.41, 5.74) is 0. The van der Waals surface area contributed by atoms with E-state index in [1.54, 1.807) is 0 Å². The van der Waals surface area contributed by atoms with E-state index in [0.717, 1.165) is 39.1 Å². The number of aromatic nitrogens is 4. The molecule has 0 saturated carbocycles. The maximum atomic E-state index is 10.8. The third-order valence-electron chi connectivity index (χ3n) is 4.32. The maximum Gasteiger partial charge on any atom is 1.00 e. The van der Waals surface area contributed by atoms with Gasteiger partial charge in [0.1, 0.15) is 5.03 Å². The SMILES string of the molecule is O=S([O-])c1ccnn1C1CCCOC1.[Li+].c1cnn(C2CCCOC2)c1. The molecule has 138 valence electrons. The van der Waals surface area contributed by atoms with Gasteiger partial charge in [0.05, 0.1) is 31.5 Å². The number of ether oxygens (including phenoxy) is 2. The number of hydrogen-bond donors (Lipinski definition) is 0. The van der Waals surface area contributed by atoms with Gasteiger partial charge in [-0.15, -0.1) is 0 Å². The molecule has 3 atom stereocenters. The molecule has 4 rings (SSSR count). The number of nitrogens with zero attached hydrogens (tertiary/aromatic N) is 4. The van der Waals surface area contributed by atoms with Gasteiger partial charge in [-0.3, -0.25) is 13.6 Å². The van der Waals surface area contributed by atoms with Crippen molar-refractivity contribution < 1.29 is 37.1 Å². The molecule has 0 amide bonds. The molecule has 0 bridgehead atoms. The summed E-state index contributed by atoms with van der Waals surface area (Å²) in [7, 11) is 0. The number of rotatable bonds is 3. The fourth-order valence-corrected chi connectivity index (χ4v) is 3.57. The van der Waals surface area contributed by atoms with Crippen molar-refractivity contribution in [2.24, 2.45) is 0 Å². The van der Waals surface area contributed by atoms with Crippen molar-refractivity contribution in [2.75, 3.05) is 26.4 Å². The third kappa shape index (κ3) is 5.77. The van der Waals surface area contributed by atoms with Gasteiger partial charge in [-0.2, -0.15) is 10.2 Å². The summed E-state index contributed by atoms with van der Waals surface area (Å²) in [4.78, 5) is 0. The van der Waals surface area contributed by atoms with Crippen LogP contribution in [0.5, 0.6) is 0 Å². The van der Waals surface area contributed by atoms with E-state index in [1.165, 1.54) is 23.4 Å². The largest absolute Gasteiger partial charge is 1.00 e. The molecule has 2 aromatic heterocycles. The van der Waals surface area contributed by atoms with Gasteiger partial charge in [-0.05, 0) is 48.9 Å². The summed E-state index contributed by atoms with van der Waals surface area (Å²) >= 11 is -2.22. The van der Waals surface area contributed by atoms with Gasteiger partial charge in [0.15, 0.2) is 0 Å². The Morgan fingerprint density at radius 2 is 1.77 bits per heavy atom. The second-order valence-corrected chi connectivity index (χ2v) is 6.96. The summed E-state index contributed by atoms with van der Waals surface area (Å²) in [6, 6.07) is 3.98. The standard InChI is InChI=1S/C8H12N2O3S.C8H12N2O.Li/c11-14(12)8-3-4-9-10(8)7-2-1-5-13-6-7;1-3-8(7-11-6-1)10-5-2-4-9-10;/h3-4,7H,1-2,5-6H2,(H,11,12);2,4-5,8H,1,3,6-7H2;/q;;+1/p-1. The van der Waals surface area contributed by atoms with Gasteiger partial charge < -0.3 is 14.0 Å². The smallest absolute Gasteiger partial charge is 0.767 e. The minimum Gasteiger partial charge on any atom is -0.767 e. The molecule has 0 aromatic carbocycles. The van der Waals surface area contributed by atoms with E-state index in [2.05, 4.69) is 10.2 Å². The first-order valence-electron chi connectivity index (χ1n) is 8.53. The molecular formula is C16H23LiN4O4S. The molecule has 0 spiro atoms. The molecule has 0 radical (unpaired) electrons. The normalized spacial score (nSPS) is 24.0. The summed E-state index contributed by atoms with van der Waals surface area (Å²) in [6.07, 6.45) is 9.54. The van der Waals surface area contributed by atoms with Gasteiger partial charge in [0, 0.05) is 25.6 Å². The van der Waals surface area contributed by atoms with Gasteiger partial charge in [0.25, 0.3) is 0 Å². The van der Waals surface area contributed by atoms with Crippen molar-refractivity contribution in [2.45, 2.75) is 42.8 Å². The molecule has 2 fully saturated rings. The Morgan fingerprint density at radius 3 is 2.31 bits per heavy atom. The predicted octanol–water partition coefficient (Wildman–Crippen LogP) is -1.29. The van der Waals surface area contributed by atoms with Gasteiger partial charge in [-0.25, -0.2) is 0 Å². The second kappa shape index (κ2) is 11.0. The quantitative estimate of drug-likeness (QED) is 0.490. The zero-order valence-electron chi connectivity index (χ0n) is 15.0. The molecule has 2 aliphatic rings. The molecule has 2 aliphatic heterocycles. The van der Waals surface area contributed by atoms with Crippen molar-refractivity contribution in [3.8, 4) is 0 Å². The predicted molar refractivity (Wildman–Crippen MR) is 89.8 cm³/mol. The molecule has 8 nitrogen and oxygen atoms in total. The van der Waals surface area contributed by atoms with E-state index in [9.17, 15) is 8.76 Å². The molecular weight excluding hydrogens is 351 g/mol. The third-order valence-corrected chi connectivity index (χ3v) is 4.99. The van der Waals surface area contributed by atoms with Gasteiger partial charge >= 0.3 is 18.9 Å². The van der Waals surface area contributed by atoms with Gasteiger partial charge in [-0.1, -0.05) is 0 Å². The topological polar surface area (TPSA) is 94.2 Å². The van der Waals surface area contributed by atoms with Crippen LogP contribution < -0.4 is 18.9 Å². The average molecular weight is 374 g/mol. The summed E-state index contributed by atoms with van der Waals surface area (Å²) < 4.78 is 35.8. The van der Waals surface area contributed by atoms with E-state index >= 15 is 0 Å². The van der Waals surface area contributed by atoms with Crippen molar-refractivity contribution in [3.05, 3.63) is 30.7 Å². The van der Waals surface area contributed by atoms with Crippen LogP contribution >= 0.6 is 0 Å². The summed E-state index contributed by atoms with van der Waals surface area (Å²) in [6.45, 7) is 3.04. The first-order valence-corrected chi connectivity index (χ1v) is 9.60.